The first-order valence-electron chi connectivity index (χ1n) is 6.94. The highest BCUT2D eigenvalue weighted by Crippen LogP contribution is 2.20. The molecule has 21 heavy (non-hydrogen) atoms. The van der Waals surface area contributed by atoms with Crippen molar-refractivity contribution in [2.75, 3.05) is 27.2 Å². The van der Waals surface area contributed by atoms with Crippen LogP contribution >= 0.6 is 22.9 Å². The van der Waals surface area contributed by atoms with E-state index >= 15 is 0 Å². The minimum absolute atomic E-state index is 0.850. The zero-order valence-corrected chi connectivity index (χ0v) is 14.0. The fourth-order valence-electron chi connectivity index (χ4n) is 2.05. The quantitative estimate of drug-likeness (QED) is 0.750. The standard InChI is InChI=1S/C16H21ClN2OS/c1-19(12-13-3-5-14(20-2)6-4-13)10-9-18-11-15-7-8-16(17)21-15/h3-8,18H,9-12H2,1-2H3. The van der Waals surface area contributed by atoms with Crippen LogP contribution in [0.2, 0.25) is 4.34 Å². The van der Waals surface area contributed by atoms with Crippen molar-refractivity contribution in [3.8, 4) is 5.75 Å². The van der Waals surface area contributed by atoms with Crippen LogP contribution in [0.1, 0.15) is 10.4 Å². The molecule has 1 aromatic carbocycles. The summed E-state index contributed by atoms with van der Waals surface area (Å²) in [5.74, 6) is 0.901. The van der Waals surface area contributed by atoms with Crippen LogP contribution in [0.25, 0.3) is 0 Å². The van der Waals surface area contributed by atoms with Crippen molar-refractivity contribution in [2.24, 2.45) is 0 Å². The fraction of sp³-hybridized carbons (Fsp3) is 0.375. The molecule has 5 heteroatoms. The van der Waals surface area contributed by atoms with Gasteiger partial charge >= 0.3 is 0 Å². The maximum atomic E-state index is 5.91. The number of nitrogens with one attached hydrogen (secondary N) is 1. The lowest BCUT2D eigenvalue weighted by atomic mass is 10.2. The van der Waals surface area contributed by atoms with Crippen molar-refractivity contribution in [1.82, 2.24) is 10.2 Å². The van der Waals surface area contributed by atoms with Crippen LogP contribution in [-0.2, 0) is 13.1 Å². The summed E-state index contributed by atoms with van der Waals surface area (Å²) in [7, 11) is 3.82. The van der Waals surface area contributed by atoms with E-state index in [9.17, 15) is 0 Å². The zero-order chi connectivity index (χ0) is 15.1. The first kappa shape index (κ1) is 16.3. The van der Waals surface area contributed by atoms with E-state index in [0.29, 0.717) is 0 Å². The second-order valence-electron chi connectivity index (χ2n) is 4.97. The number of hydrogen-bond acceptors (Lipinski definition) is 4. The second-order valence-corrected chi connectivity index (χ2v) is 6.77. The molecule has 0 aliphatic rings. The lowest BCUT2D eigenvalue weighted by Crippen LogP contribution is -2.28. The number of hydrogen-bond donors (Lipinski definition) is 1. The lowest BCUT2D eigenvalue weighted by Gasteiger charge is -2.17. The number of ether oxygens (including phenoxy) is 1. The predicted molar refractivity (Wildman–Crippen MR) is 90.4 cm³/mol. The van der Waals surface area contributed by atoms with Crippen LogP contribution in [0.15, 0.2) is 36.4 Å². The van der Waals surface area contributed by atoms with E-state index in [4.69, 9.17) is 16.3 Å². The van der Waals surface area contributed by atoms with Crippen molar-refractivity contribution < 1.29 is 4.74 Å². The van der Waals surface area contributed by atoms with Crippen LogP contribution in [0.5, 0.6) is 5.75 Å². The first-order chi connectivity index (χ1) is 10.2. The normalized spacial score (nSPS) is 11.0. The first-order valence-corrected chi connectivity index (χ1v) is 8.13. The molecule has 3 nitrogen and oxygen atoms in total. The second kappa shape index (κ2) is 8.39. The van der Waals surface area contributed by atoms with Gasteiger partial charge in [-0.05, 0) is 36.9 Å². The van der Waals surface area contributed by atoms with Gasteiger partial charge in [-0.15, -0.1) is 11.3 Å². The number of rotatable bonds is 8. The average Bonchev–Trinajstić information content (AvgIpc) is 2.90. The molecule has 2 aromatic rings. The Balaban J connectivity index is 1.65. The summed E-state index contributed by atoms with van der Waals surface area (Å²) in [5, 5.41) is 3.44. The van der Waals surface area contributed by atoms with Gasteiger partial charge in [-0.1, -0.05) is 23.7 Å². The summed E-state index contributed by atoms with van der Waals surface area (Å²) in [4.78, 5) is 3.58. The Bertz CT molecular complexity index is 541. The third-order valence-electron chi connectivity index (χ3n) is 3.21. The molecule has 0 atom stereocenters. The molecule has 0 aliphatic heterocycles. The zero-order valence-electron chi connectivity index (χ0n) is 12.4. The van der Waals surface area contributed by atoms with Crippen LogP contribution in [-0.4, -0.2) is 32.1 Å². The highest BCUT2D eigenvalue weighted by Gasteiger charge is 2.02. The summed E-state index contributed by atoms with van der Waals surface area (Å²) in [6.45, 7) is 3.79. The summed E-state index contributed by atoms with van der Waals surface area (Å²) in [6.07, 6.45) is 0. The van der Waals surface area contributed by atoms with Gasteiger partial charge in [0.1, 0.15) is 5.75 Å². The van der Waals surface area contributed by atoms with Gasteiger partial charge in [0, 0.05) is 31.1 Å². The molecule has 0 saturated carbocycles. The smallest absolute Gasteiger partial charge is 0.118 e. The molecule has 0 unspecified atom stereocenters. The number of methoxy groups -OCH3 is 1. The van der Waals surface area contributed by atoms with Gasteiger partial charge in [0.25, 0.3) is 0 Å². The van der Waals surface area contributed by atoms with E-state index in [0.717, 1.165) is 36.3 Å². The molecule has 0 spiro atoms. The monoisotopic (exact) mass is 324 g/mol. The van der Waals surface area contributed by atoms with Gasteiger partial charge in [-0.25, -0.2) is 0 Å². The van der Waals surface area contributed by atoms with E-state index < -0.39 is 0 Å². The van der Waals surface area contributed by atoms with Crippen molar-refractivity contribution in [1.29, 1.82) is 0 Å². The molecule has 0 saturated heterocycles. The molecule has 0 radical (unpaired) electrons. The van der Waals surface area contributed by atoms with Crippen LogP contribution < -0.4 is 10.1 Å². The third kappa shape index (κ3) is 5.67. The van der Waals surface area contributed by atoms with Crippen LogP contribution in [0.3, 0.4) is 0 Å². The summed E-state index contributed by atoms with van der Waals surface area (Å²) >= 11 is 7.54. The molecule has 114 valence electrons. The Hall–Kier alpha value is -1.07. The van der Waals surface area contributed by atoms with E-state index in [-0.39, 0.29) is 0 Å². The SMILES string of the molecule is COc1ccc(CN(C)CCNCc2ccc(Cl)s2)cc1. The Morgan fingerprint density at radius 3 is 2.57 bits per heavy atom. The van der Waals surface area contributed by atoms with Gasteiger partial charge in [-0.2, -0.15) is 0 Å². The minimum atomic E-state index is 0.850. The third-order valence-corrected chi connectivity index (χ3v) is 4.44. The molecule has 1 N–H and O–H groups in total. The number of thiophene rings is 1. The molecule has 0 fully saturated rings. The van der Waals surface area contributed by atoms with Gasteiger partial charge < -0.3 is 15.0 Å². The largest absolute Gasteiger partial charge is 0.497 e. The van der Waals surface area contributed by atoms with Crippen LogP contribution in [0, 0.1) is 0 Å². The number of nitrogens with zero attached hydrogens (tertiary/aromatic N) is 1. The highest BCUT2D eigenvalue weighted by atomic mass is 35.5. The lowest BCUT2D eigenvalue weighted by molar-refractivity contribution is 0.324. The highest BCUT2D eigenvalue weighted by molar-refractivity contribution is 7.16. The Labute approximate surface area is 135 Å². The average molecular weight is 325 g/mol. The van der Waals surface area contributed by atoms with Gasteiger partial charge in [0.2, 0.25) is 0 Å². The molecule has 0 amide bonds. The van der Waals surface area contributed by atoms with Gasteiger partial charge in [0.15, 0.2) is 0 Å². The summed E-state index contributed by atoms with van der Waals surface area (Å²) < 4.78 is 6.02. The number of halogens is 1. The molecule has 1 aromatic heterocycles. The molecular formula is C16H21ClN2OS. The van der Waals surface area contributed by atoms with Crippen molar-refractivity contribution in [3.63, 3.8) is 0 Å². The Morgan fingerprint density at radius 1 is 1.19 bits per heavy atom. The Morgan fingerprint density at radius 2 is 1.95 bits per heavy atom. The molecular weight excluding hydrogens is 304 g/mol. The number of likely N-dealkylation sites (N-methyl/N-ethyl adjacent to an activating group) is 1. The maximum absolute atomic E-state index is 5.91. The fourth-order valence-corrected chi connectivity index (χ4v) is 3.11. The Kier molecular flexibility index (Phi) is 6.51. The van der Waals surface area contributed by atoms with Crippen molar-refractivity contribution in [3.05, 3.63) is 51.2 Å². The topological polar surface area (TPSA) is 24.5 Å². The summed E-state index contributed by atoms with van der Waals surface area (Å²) in [6, 6.07) is 12.2. The maximum Gasteiger partial charge on any atom is 0.118 e. The van der Waals surface area contributed by atoms with E-state index in [2.05, 4.69) is 35.5 Å². The molecule has 0 bridgehead atoms. The molecule has 0 aliphatic carbocycles. The number of benzene rings is 1. The van der Waals surface area contributed by atoms with E-state index in [1.54, 1.807) is 18.4 Å². The van der Waals surface area contributed by atoms with Gasteiger partial charge in [0.05, 0.1) is 11.4 Å². The van der Waals surface area contributed by atoms with Crippen molar-refractivity contribution >= 4 is 22.9 Å². The van der Waals surface area contributed by atoms with Gasteiger partial charge in [-0.3, -0.25) is 0 Å². The van der Waals surface area contributed by atoms with Crippen LogP contribution in [0.4, 0.5) is 0 Å². The summed E-state index contributed by atoms with van der Waals surface area (Å²) in [5.41, 5.74) is 1.29. The molecule has 2 rings (SSSR count). The predicted octanol–water partition coefficient (Wildman–Crippen LogP) is 3.63. The van der Waals surface area contributed by atoms with E-state index in [1.807, 2.05) is 18.2 Å². The van der Waals surface area contributed by atoms with Crippen molar-refractivity contribution in [2.45, 2.75) is 13.1 Å². The minimum Gasteiger partial charge on any atom is -0.497 e. The molecule has 1 heterocycles. The van der Waals surface area contributed by atoms with E-state index in [1.165, 1.54) is 10.4 Å².